The zero-order chi connectivity index (χ0) is 24.7. The van der Waals surface area contributed by atoms with Crippen molar-refractivity contribution in [3.63, 3.8) is 0 Å². The summed E-state index contributed by atoms with van der Waals surface area (Å²) >= 11 is 0. The third-order valence-electron chi connectivity index (χ3n) is 7.60. The second kappa shape index (κ2) is 9.29. The molecule has 0 radical (unpaired) electrons. The number of para-hydroxylation sites is 1. The molecule has 5 rings (SSSR count). The quantitative estimate of drug-likeness (QED) is 0.370. The Balaban J connectivity index is 1.30. The van der Waals surface area contributed by atoms with E-state index in [4.69, 9.17) is 4.74 Å². The SMILES string of the molecule is CCc1ccccc1N1C[C@H](C(=O)Oc2cccc(N3C(=O)[C@H]4C[C@@H](C)CC[C@H]4C3=O)c2)CC1=O. The molecule has 0 N–H and O–H groups in total. The van der Waals surface area contributed by atoms with Gasteiger partial charge in [-0.3, -0.25) is 19.2 Å². The van der Waals surface area contributed by atoms with Gasteiger partial charge >= 0.3 is 5.97 Å². The van der Waals surface area contributed by atoms with E-state index in [1.807, 2.05) is 31.2 Å². The number of benzene rings is 2. The van der Waals surface area contributed by atoms with Crippen LogP contribution in [-0.2, 0) is 25.6 Å². The van der Waals surface area contributed by atoms with Crippen molar-refractivity contribution in [1.82, 2.24) is 0 Å². The molecule has 3 aliphatic rings. The molecule has 3 amide bonds. The highest BCUT2D eigenvalue weighted by Gasteiger charge is 2.50. The summed E-state index contributed by atoms with van der Waals surface area (Å²) in [6, 6.07) is 14.3. The van der Waals surface area contributed by atoms with Crippen molar-refractivity contribution in [1.29, 1.82) is 0 Å². The van der Waals surface area contributed by atoms with Crippen LogP contribution in [0.1, 0.15) is 45.1 Å². The molecule has 2 aliphatic heterocycles. The Hall–Kier alpha value is -3.48. The molecular formula is C28H30N2O5. The number of carbonyl (C=O) groups is 4. The predicted octanol–water partition coefficient (Wildman–Crippen LogP) is 4.13. The maximum atomic E-state index is 13.1. The number of imide groups is 1. The molecule has 0 unspecified atom stereocenters. The van der Waals surface area contributed by atoms with Gasteiger partial charge in [-0.05, 0) is 55.4 Å². The molecule has 2 aromatic carbocycles. The summed E-state index contributed by atoms with van der Waals surface area (Å²) in [4.78, 5) is 54.6. The molecule has 3 fully saturated rings. The first-order valence-electron chi connectivity index (χ1n) is 12.4. The van der Waals surface area contributed by atoms with Crippen LogP contribution in [0.25, 0.3) is 0 Å². The van der Waals surface area contributed by atoms with Gasteiger partial charge < -0.3 is 9.64 Å². The number of esters is 1. The van der Waals surface area contributed by atoms with E-state index in [1.54, 1.807) is 29.2 Å². The molecule has 0 bridgehead atoms. The summed E-state index contributed by atoms with van der Waals surface area (Å²) in [5, 5.41) is 0. The molecule has 35 heavy (non-hydrogen) atoms. The molecule has 2 aromatic rings. The largest absolute Gasteiger partial charge is 0.426 e. The Bertz CT molecular complexity index is 1190. The predicted molar refractivity (Wildman–Crippen MR) is 131 cm³/mol. The Morgan fingerprint density at radius 2 is 1.77 bits per heavy atom. The zero-order valence-electron chi connectivity index (χ0n) is 20.1. The first kappa shape index (κ1) is 23.3. The van der Waals surface area contributed by atoms with Gasteiger partial charge in [0.2, 0.25) is 17.7 Å². The van der Waals surface area contributed by atoms with Crippen molar-refractivity contribution in [2.45, 2.75) is 46.0 Å². The number of carbonyl (C=O) groups excluding carboxylic acids is 4. The van der Waals surface area contributed by atoms with Crippen LogP contribution in [0, 0.1) is 23.7 Å². The number of hydrogen-bond acceptors (Lipinski definition) is 5. The van der Waals surface area contributed by atoms with Gasteiger partial charge in [0.25, 0.3) is 0 Å². The monoisotopic (exact) mass is 474 g/mol. The van der Waals surface area contributed by atoms with Crippen molar-refractivity contribution >= 4 is 35.1 Å². The second-order valence-corrected chi connectivity index (χ2v) is 9.95. The number of ether oxygens (including phenoxy) is 1. The number of fused-ring (bicyclic) bond motifs is 1. The summed E-state index contributed by atoms with van der Waals surface area (Å²) in [6.07, 6.45) is 3.28. The van der Waals surface area contributed by atoms with Gasteiger partial charge in [0.05, 0.1) is 23.4 Å². The average molecular weight is 475 g/mol. The molecule has 4 atom stereocenters. The van der Waals surface area contributed by atoms with E-state index in [9.17, 15) is 19.2 Å². The van der Waals surface area contributed by atoms with E-state index < -0.39 is 11.9 Å². The maximum absolute atomic E-state index is 13.1. The number of rotatable bonds is 5. The molecule has 1 saturated carbocycles. The van der Waals surface area contributed by atoms with Crippen molar-refractivity contribution in [3.8, 4) is 5.75 Å². The zero-order valence-corrected chi connectivity index (χ0v) is 20.1. The number of hydrogen-bond donors (Lipinski definition) is 0. The van der Waals surface area contributed by atoms with Crippen LogP contribution in [0.5, 0.6) is 5.75 Å². The lowest BCUT2D eigenvalue weighted by atomic mass is 9.76. The Morgan fingerprint density at radius 3 is 2.57 bits per heavy atom. The van der Waals surface area contributed by atoms with Crippen molar-refractivity contribution in [3.05, 3.63) is 54.1 Å². The number of anilines is 2. The maximum Gasteiger partial charge on any atom is 0.316 e. The normalized spacial score (nSPS) is 26.3. The van der Waals surface area contributed by atoms with Crippen LogP contribution < -0.4 is 14.5 Å². The molecule has 2 saturated heterocycles. The Morgan fingerprint density at radius 1 is 1.00 bits per heavy atom. The number of aryl methyl sites for hydroxylation is 1. The van der Waals surface area contributed by atoms with Crippen LogP contribution >= 0.6 is 0 Å². The van der Waals surface area contributed by atoms with Crippen LogP contribution in [0.2, 0.25) is 0 Å². The topological polar surface area (TPSA) is 84.0 Å². The molecule has 7 nitrogen and oxygen atoms in total. The smallest absolute Gasteiger partial charge is 0.316 e. The van der Waals surface area contributed by atoms with Gasteiger partial charge in [-0.15, -0.1) is 0 Å². The standard InChI is InChI=1S/C28H30N2O5/c1-3-18-7-4-5-10-24(18)29-16-19(14-25(29)31)28(34)35-21-9-6-8-20(15-21)30-26(32)22-12-11-17(2)13-23(22)27(30)33/h4-10,15,17,19,22-23H,3,11-14,16H2,1-2H3/t17-,19+,22+,23-/m0/s1. The number of amides is 3. The Kier molecular flexibility index (Phi) is 6.17. The van der Waals surface area contributed by atoms with Crippen LogP contribution in [-0.4, -0.2) is 30.2 Å². The van der Waals surface area contributed by atoms with Crippen molar-refractivity contribution in [2.75, 3.05) is 16.3 Å². The summed E-state index contributed by atoms with van der Waals surface area (Å²) in [6.45, 7) is 4.41. The molecule has 0 spiro atoms. The van der Waals surface area contributed by atoms with E-state index in [-0.39, 0.29) is 48.3 Å². The van der Waals surface area contributed by atoms with Crippen LogP contribution in [0.15, 0.2) is 48.5 Å². The van der Waals surface area contributed by atoms with Crippen LogP contribution in [0.3, 0.4) is 0 Å². The third kappa shape index (κ3) is 4.24. The van der Waals surface area contributed by atoms with Gasteiger partial charge in [0.1, 0.15) is 5.75 Å². The lowest BCUT2D eigenvalue weighted by Crippen LogP contribution is -2.31. The minimum Gasteiger partial charge on any atom is -0.426 e. The second-order valence-electron chi connectivity index (χ2n) is 9.95. The lowest BCUT2D eigenvalue weighted by molar-refractivity contribution is -0.139. The summed E-state index contributed by atoms with van der Waals surface area (Å²) < 4.78 is 5.63. The fraction of sp³-hybridized carbons (Fsp3) is 0.429. The highest BCUT2D eigenvalue weighted by atomic mass is 16.5. The minimum atomic E-state index is -0.588. The van der Waals surface area contributed by atoms with E-state index in [0.717, 1.165) is 36.9 Å². The van der Waals surface area contributed by atoms with Crippen LogP contribution in [0.4, 0.5) is 11.4 Å². The van der Waals surface area contributed by atoms with Crippen molar-refractivity contribution in [2.24, 2.45) is 23.7 Å². The molecule has 7 heteroatoms. The van der Waals surface area contributed by atoms with Gasteiger partial charge in [0.15, 0.2) is 0 Å². The first-order valence-corrected chi connectivity index (χ1v) is 12.4. The van der Waals surface area contributed by atoms with E-state index >= 15 is 0 Å². The molecule has 1 aliphatic carbocycles. The summed E-state index contributed by atoms with van der Waals surface area (Å²) in [7, 11) is 0. The fourth-order valence-electron chi connectivity index (χ4n) is 5.70. The lowest BCUT2D eigenvalue weighted by Gasteiger charge is -2.25. The minimum absolute atomic E-state index is 0.0845. The fourth-order valence-corrected chi connectivity index (χ4v) is 5.70. The van der Waals surface area contributed by atoms with E-state index in [2.05, 4.69) is 6.92 Å². The van der Waals surface area contributed by atoms with Gasteiger partial charge in [0, 0.05) is 24.7 Å². The van der Waals surface area contributed by atoms with Gasteiger partial charge in [-0.25, -0.2) is 4.90 Å². The number of nitrogens with zero attached hydrogens (tertiary/aromatic N) is 2. The highest BCUT2D eigenvalue weighted by Crippen LogP contribution is 2.42. The molecule has 182 valence electrons. The third-order valence-corrected chi connectivity index (χ3v) is 7.60. The summed E-state index contributed by atoms with van der Waals surface area (Å²) in [5.74, 6) is -1.35. The molecular weight excluding hydrogens is 444 g/mol. The molecule has 0 aromatic heterocycles. The van der Waals surface area contributed by atoms with Crippen molar-refractivity contribution < 1.29 is 23.9 Å². The van der Waals surface area contributed by atoms with E-state index in [0.29, 0.717) is 11.6 Å². The average Bonchev–Trinajstić information content (AvgIpc) is 3.36. The molecule has 2 heterocycles. The summed E-state index contributed by atoms with van der Waals surface area (Å²) in [5.41, 5.74) is 2.31. The first-order chi connectivity index (χ1) is 16.9. The Labute approximate surface area is 205 Å². The van der Waals surface area contributed by atoms with E-state index in [1.165, 1.54) is 4.90 Å². The van der Waals surface area contributed by atoms with Gasteiger partial charge in [-0.1, -0.05) is 38.1 Å². The van der Waals surface area contributed by atoms with Gasteiger partial charge in [-0.2, -0.15) is 0 Å². The highest BCUT2D eigenvalue weighted by molar-refractivity contribution is 6.22.